The van der Waals surface area contributed by atoms with Gasteiger partial charge in [-0.15, -0.1) is 0 Å². The molecule has 1 aliphatic carbocycles. The average molecular weight is 431 g/mol. The minimum atomic E-state index is -0.357. The molecule has 3 aromatic rings. The molecule has 0 radical (unpaired) electrons. The maximum absolute atomic E-state index is 13.2. The zero-order valence-corrected chi connectivity index (χ0v) is 18.5. The number of hydrogen-bond donors (Lipinski definition) is 1. The Hall–Kier alpha value is -3.61. The number of ether oxygens (including phenoxy) is 2. The van der Waals surface area contributed by atoms with Gasteiger partial charge in [-0.3, -0.25) is 4.79 Å². The van der Waals surface area contributed by atoms with E-state index in [9.17, 15) is 4.79 Å². The summed E-state index contributed by atoms with van der Waals surface area (Å²) in [6.07, 6.45) is 2.80. The Morgan fingerprint density at radius 2 is 1.94 bits per heavy atom. The fourth-order valence-electron chi connectivity index (χ4n) is 4.57. The van der Waals surface area contributed by atoms with Gasteiger partial charge in [0.05, 0.1) is 7.11 Å². The van der Waals surface area contributed by atoms with Gasteiger partial charge < -0.3 is 14.8 Å². The number of nitrogens with zero attached hydrogens (tertiary/aromatic N) is 3. The number of ketones is 1. The van der Waals surface area contributed by atoms with Crippen molar-refractivity contribution in [1.82, 2.24) is 14.8 Å². The zero-order valence-electron chi connectivity index (χ0n) is 18.5. The molecule has 7 nitrogen and oxygen atoms in total. The number of nitrogens with one attached hydrogen (secondary N) is 1. The molecular weight excluding hydrogens is 404 g/mol. The van der Waals surface area contributed by atoms with E-state index in [1.54, 1.807) is 11.8 Å². The number of carbonyl (C=O) groups excluding carboxylic acids is 1. The molecule has 5 rings (SSSR count). The number of anilines is 1. The maximum atomic E-state index is 13.2. The van der Waals surface area contributed by atoms with Crippen molar-refractivity contribution < 1.29 is 14.3 Å². The van der Waals surface area contributed by atoms with Crippen LogP contribution in [-0.2, 0) is 11.4 Å². The molecule has 0 amide bonds. The number of rotatable bonds is 5. The lowest BCUT2D eigenvalue weighted by molar-refractivity contribution is -0.118. The van der Waals surface area contributed by atoms with Crippen LogP contribution >= 0.6 is 0 Å². The summed E-state index contributed by atoms with van der Waals surface area (Å²) in [5.74, 6) is 2.04. The van der Waals surface area contributed by atoms with E-state index in [2.05, 4.69) is 29.2 Å². The monoisotopic (exact) mass is 430 g/mol. The molecule has 2 aromatic carbocycles. The Kier molecular flexibility index (Phi) is 4.96. The van der Waals surface area contributed by atoms with Crippen LogP contribution in [0.15, 0.2) is 66.1 Å². The summed E-state index contributed by atoms with van der Waals surface area (Å²) in [4.78, 5) is 17.6. The molecule has 7 heteroatoms. The SMILES string of the molecule is COc1cc([C@@H]2C3=C(CC(C)(C)CC3=O)Nc3ncnn32)ccc1OCc1ccccc1. The molecule has 0 bridgehead atoms. The number of hydrogen-bond acceptors (Lipinski definition) is 6. The lowest BCUT2D eigenvalue weighted by Gasteiger charge is -2.38. The van der Waals surface area contributed by atoms with Crippen LogP contribution in [0.4, 0.5) is 5.95 Å². The normalized spacial score (nSPS) is 19.1. The second kappa shape index (κ2) is 7.82. The Morgan fingerprint density at radius 1 is 1.12 bits per heavy atom. The van der Waals surface area contributed by atoms with Crippen LogP contribution in [0, 0.1) is 5.41 Å². The van der Waals surface area contributed by atoms with Crippen LogP contribution in [-0.4, -0.2) is 27.7 Å². The Bertz CT molecular complexity index is 1200. The summed E-state index contributed by atoms with van der Waals surface area (Å²) in [5.41, 5.74) is 3.57. The van der Waals surface area contributed by atoms with Crippen molar-refractivity contribution in [3.05, 3.63) is 77.3 Å². The molecule has 0 fully saturated rings. The minimum Gasteiger partial charge on any atom is -0.493 e. The van der Waals surface area contributed by atoms with Crippen molar-refractivity contribution in [2.45, 2.75) is 39.3 Å². The van der Waals surface area contributed by atoms with Gasteiger partial charge >= 0.3 is 0 Å². The van der Waals surface area contributed by atoms with E-state index < -0.39 is 0 Å². The van der Waals surface area contributed by atoms with Gasteiger partial charge in [0.15, 0.2) is 17.3 Å². The highest BCUT2D eigenvalue weighted by atomic mass is 16.5. The first kappa shape index (κ1) is 20.3. The second-order valence-corrected chi connectivity index (χ2v) is 9.07. The number of Topliss-reactive ketones (excluding diaryl/α,β-unsaturated/α-hetero) is 1. The second-order valence-electron chi connectivity index (χ2n) is 9.07. The Balaban J connectivity index is 1.52. The van der Waals surface area contributed by atoms with Gasteiger partial charge in [0, 0.05) is 17.7 Å². The molecule has 2 aliphatic rings. The number of benzene rings is 2. The fourth-order valence-corrected chi connectivity index (χ4v) is 4.57. The lowest BCUT2D eigenvalue weighted by atomic mass is 9.73. The van der Waals surface area contributed by atoms with Gasteiger partial charge in [-0.2, -0.15) is 10.1 Å². The molecular formula is C25H26N4O3. The standard InChI is InChI=1S/C25H26N4O3/c1-25(2)12-18-22(19(30)13-25)23(29-24(28-18)26-15-27-29)17-9-10-20(21(11-17)31-3)32-14-16-7-5-4-6-8-16/h4-11,15,23H,12-14H2,1-3H3,(H,26,27,28)/t23-/m1/s1. The molecule has 164 valence electrons. The first-order chi connectivity index (χ1) is 15.4. The van der Waals surface area contributed by atoms with Gasteiger partial charge in [0.2, 0.25) is 5.95 Å². The zero-order chi connectivity index (χ0) is 22.3. The molecule has 1 aliphatic heterocycles. The molecule has 1 aromatic heterocycles. The van der Waals surface area contributed by atoms with E-state index in [1.807, 2.05) is 48.5 Å². The van der Waals surface area contributed by atoms with Crippen LogP contribution in [0.2, 0.25) is 0 Å². The van der Waals surface area contributed by atoms with Crippen LogP contribution < -0.4 is 14.8 Å². The van der Waals surface area contributed by atoms with Crippen molar-refractivity contribution in [2.75, 3.05) is 12.4 Å². The summed E-state index contributed by atoms with van der Waals surface area (Å²) in [6, 6.07) is 15.4. The molecule has 1 N–H and O–H groups in total. The predicted octanol–water partition coefficient (Wildman–Crippen LogP) is 4.52. The van der Waals surface area contributed by atoms with E-state index in [0.717, 1.165) is 28.8 Å². The smallest absolute Gasteiger partial charge is 0.226 e. The molecule has 0 saturated heterocycles. The van der Waals surface area contributed by atoms with Gasteiger partial charge in [0.25, 0.3) is 0 Å². The summed E-state index contributed by atoms with van der Waals surface area (Å²) in [6.45, 7) is 4.68. The van der Waals surface area contributed by atoms with Crippen molar-refractivity contribution in [3.63, 3.8) is 0 Å². The highest BCUT2D eigenvalue weighted by Gasteiger charge is 2.41. The van der Waals surface area contributed by atoms with E-state index in [1.165, 1.54) is 6.33 Å². The quantitative estimate of drug-likeness (QED) is 0.641. The first-order valence-corrected chi connectivity index (χ1v) is 10.7. The van der Waals surface area contributed by atoms with Crippen LogP contribution in [0.3, 0.4) is 0 Å². The van der Waals surface area contributed by atoms with Gasteiger partial charge in [0.1, 0.15) is 19.0 Å². The van der Waals surface area contributed by atoms with E-state index in [-0.39, 0.29) is 17.2 Å². The Morgan fingerprint density at radius 3 is 2.72 bits per heavy atom. The summed E-state index contributed by atoms with van der Waals surface area (Å²) in [5, 5.41) is 7.75. The molecule has 0 saturated carbocycles. The van der Waals surface area contributed by atoms with Gasteiger partial charge in [-0.05, 0) is 35.1 Å². The highest BCUT2D eigenvalue weighted by Crippen LogP contribution is 2.46. The van der Waals surface area contributed by atoms with Crippen LogP contribution in [0.25, 0.3) is 0 Å². The molecule has 0 spiro atoms. The van der Waals surface area contributed by atoms with E-state index >= 15 is 0 Å². The number of allylic oxidation sites excluding steroid dienone is 2. The fraction of sp³-hybridized carbons (Fsp3) is 0.320. The number of methoxy groups -OCH3 is 1. The topological polar surface area (TPSA) is 78.3 Å². The van der Waals surface area contributed by atoms with Crippen molar-refractivity contribution >= 4 is 11.7 Å². The molecule has 0 unspecified atom stereocenters. The molecule has 32 heavy (non-hydrogen) atoms. The Labute approximate surface area is 187 Å². The van der Waals surface area contributed by atoms with Crippen molar-refractivity contribution in [1.29, 1.82) is 0 Å². The van der Waals surface area contributed by atoms with Crippen molar-refractivity contribution in [2.24, 2.45) is 5.41 Å². The van der Waals surface area contributed by atoms with Crippen LogP contribution in [0.5, 0.6) is 11.5 Å². The molecule has 1 atom stereocenters. The predicted molar refractivity (Wildman–Crippen MR) is 121 cm³/mol. The average Bonchev–Trinajstić information content (AvgIpc) is 3.24. The third-order valence-corrected chi connectivity index (χ3v) is 6.01. The van der Waals surface area contributed by atoms with E-state index in [4.69, 9.17) is 9.47 Å². The third kappa shape index (κ3) is 3.64. The van der Waals surface area contributed by atoms with Gasteiger partial charge in [-0.25, -0.2) is 4.68 Å². The largest absolute Gasteiger partial charge is 0.493 e. The van der Waals surface area contributed by atoms with Crippen molar-refractivity contribution in [3.8, 4) is 11.5 Å². The van der Waals surface area contributed by atoms with Crippen LogP contribution in [0.1, 0.15) is 43.9 Å². The third-order valence-electron chi connectivity index (χ3n) is 6.01. The molecule has 2 heterocycles. The summed E-state index contributed by atoms with van der Waals surface area (Å²) < 4.78 is 13.4. The highest BCUT2D eigenvalue weighted by molar-refractivity contribution is 6.00. The summed E-state index contributed by atoms with van der Waals surface area (Å²) >= 11 is 0. The minimum absolute atomic E-state index is 0.0948. The lowest BCUT2D eigenvalue weighted by Crippen LogP contribution is -2.36. The number of fused-ring (bicyclic) bond motifs is 1. The maximum Gasteiger partial charge on any atom is 0.226 e. The van der Waals surface area contributed by atoms with Gasteiger partial charge in [-0.1, -0.05) is 50.2 Å². The number of carbonyl (C=O) groups is 1. The first-order valence-electron chi connectivity index (χ1n) is 10.7. The van der Waals surface area contributed by atoms with E-state index in [0.29, 0.717) is 30.5 Å². The summed E-state index contributed by atoms with van der Waals surface area (Å²) in [7, 11) is 1.62. The number of aromatic nitrogens is 3.